The van der Waals surface area contributed by atoms with Crippen LogP contribution in [0.15, 0.2) is 28.7 Å². The van der Waals surface area contributed by atoms with Gasteiger partial charge in [-0.2, -0.15) is 0 Å². The molecule has 0 radical (unpaired) electrons. The lowest BCUT2D eigenvalue weighted by Gasteiger charge is -2.05. The molecule has 2 atom stereocenters. The number of nitrogens with two attached hydrogens (primary N) is 1. The van der Waals surface area contributed by atoms with Crippen LogP contribution >= 0.6 is 0 Å². The van der Waals surface area contributed by atoms with Crippen LogP contribution in [0.3, 0.4) is 0 Å². The highest BCUT2D eigenvalue weighted by molar-refractivity contribution is 5.99. The molecule has 1 aliphatic carbocycles. The summed E-state index contributed by atoms with van der Waals surface area (Å²) in [6.45, 7) is 1.99. The predicted molar refractivity (Wildman–Crippen MR) is 70.6 cm³/mol. The Labute approximate surface area is 106 Å². The summed E-state index contributed by atoms with van der Waals surface area (Å²) < 4.78 is 5.72. The highest BCUT2D eigenvalue weighted by atomic mass is 16.3. The van der Waals surface area contributed by atoms with Gasteiger partial charge in [-0.3, -0.25) is 4.79 Å². The maximum atomic E-state index is 12.3. The third-order valence-corrected chi connectivity index (χ3v) is 3.83. The molecule has 2 N–H and O–H groups in total. The first-order chi connectivity index (χ1) is 8.65. The van der Waals surface area contributed by atoms with Crippen molar-refractivity contribution in [1.29, 1.82) is 0 Å². The van der Waals surface area contributed by atoms with E-state index in [1.807, 2.05) is 31.2 Å². The molecule has 18 heavy (non-hydrogen) atoms. The molecule has 1 heterocycles. The third-order valence-electron chi connectivity index (χ3n) is 3.83. The maximum Gasteiger partial charge on any atom is 0.201 e. The monoisotopic (exact) mass is 243 g/mol. The first-order valence-electron chi connectivity index (χ1n) is 6.44. The number of Topliss-reactive ketones (excluding diaryl/α,β-unsaturated/α-hetero) is 1. The first kappa shape index (κ1) is 11.5. The van der Waals surface area contributed by atoms with E-state index in [1.165, 1.54) is 0 Å². The fourth-order valence-corrected chi connectivity index (χ4v) is 2.79. The van der Waals surface area contributed by atoms with E-state index in [-0.39, 0.29) is 17.7 Å². The van der Waals surface area contributed by atoms with Crippen molar-refractivity contribution in [3.05, 3.63) is 35.6 Å². The zero-order chi connectivity index (χ0) is 12.7. The second-order valence-electron chi connectivity index (χ2n) is 5.24. The number of hydrogen-bond donors (Lipinski definition) is 1. The van der Waals surface area contributed by atoms with Gasteiger partial charge < -0.3 is 10.2 Å². The second kappa shape index (κ2) is 4.25. The fraction of sp³-hybridized carbons (Fsp3) is 0.400. The average Bonchev–Trinajstić information content (AvgIpc) is 2.95. The molecular formula is C15H17NO2. The normalized spacial score (nSPS) is 23.7. The van der Waals surface area contributed by atoms with Crippen LogP contribution < -0.4 is 5.73 Å². The van der Waals surface area contributed by atoms with E-state index in [1.54, 1.807) is 0 Å². The minimum absolute atomic E-state index is 0.0425. The number of carbonyl (C=O) groups excluding carboxylic acids is 1. The van der Waals surface area contributed by atoms with Crippen molar-refractivity contribution in [2.24, 2.45) is 11.7 Å². The lowest BCUT2D eigenvalue weighted by molar-refractivity contribution is 0.0895. The standard InChI is InChI=1S/C15H17NO2/c1-9-3-2-4-11-8-13(18-15(9)11)14(17)10-5-6-12(16)7-10/h2-4,8,10,12H,5-7,16H2,1H3. The molecule has 1 aromatic carbocycles. The second-order valence-corrected chi connectivity index (χ2v) is 5.24. The van der Waals surface area contributed by atoms with Crippen LogP contribution in [0.25, 0.3) is 11.0 Å². The van der Waals surface area contributed by atoms with Crippen molar-refractivity contribution in [3.63, 3.8) is 0 Å². The molecule has 2 unspecified atom stereocenters. The van der Waals surface area contributed by atoms with Gasteiger partial charge in [-0.05, 0) is 37.8 Å². The summed E-state index contributed by atoms with van der Waals surface area (Å²) in [5, 5.41) is 1.00. The Morgan fingerprint density at radius 1 is 1.39 bits per heavy atom. The zero-order valence-electron chi connectivity index (χ0n) is 10.5. The van der Waals surface area contributed by atoms with Crippen molar-refractivity contribution < 1.29 is 9.21 Å². The molecule has 3 rings (SSSR count). The number of benzene rings is 1. The number of furan rings is 1. The quantitative estimate of drug-likeness (QED) is 0.825. The van der Waals surface area contributed by atoms with Crippen LogP contribution in [0.2, 0.25) is 0 Å². The molecule has 1 aliphatic rings. The fourth-order valence-electron chi connectivity index (χ4n) is 2.79. The van der Waals surface area contributed by atoms with Crippen LogP contribution in [0.4, 0.5) is 0 Å². The van der Waals surface area contributed by atoms with E-state index < -0.39 is 0 Å². The molecule has 0 amide bonds. The minimum atomic E-state index is 0.0425. The van der Waals surface area contributed by atoms with Crippen molar-refractivity contribution in [2.45, 2.75) is 32.2 Å². The van der Waals surface area contributed by atoms with Crippen LogP contribution in [0.5, 0.6) is 0 Å². The maximum absolute atomic E-state index is 12.3. The zero-order valence-corrected chi connectivity index (χ0v) is 10.5. The lowest BCUT2D eigenvalue weighted by atomic mass is 10.0. The summed E-state index contributed by atoms with van der Waals surface area (Å²) in [5.74, 6) is 0.637. The van der Waals surface area contributed by atoms with Crippen molar-refractivity contribution in [1.82, 2.24) is 0 Å². The van der Waals surface area contributed by atoms with Crippen molar-refractivity contribution in [2.75, 3.05) is 0 Å². The highest BCUT2D eigenvalue weighted by Gasteiger charge is 2.30. The molecular weight excluding hydrogens is 226 g/mol. The van der Waals surface area contributed by atoms with Gasteiger partial charge in [-0.1, -0.05) is 18.2 Å². The van der Waals surface area contributed by atoms with Crippen LogP contribution in [-0.2, 0) is 0 Å². The van der Waals surface area contributed by atoms with Gasteiger partial charge in [-0.15, -0.1) is 0 Å². The summed E-state index contributed by atoms with van der Waals surface area (Å²) in [5.41, 5.74) is 7.74. The first-order valence-corrected chi connectivity index (χ1v) is 6.44. The Hall–Kier alpha value is -1.61. The number of fused-ring (bicyclic) bond motifs is 1. The number of para-hydroxylation sites is 1. The van der Waals surface area contributed by atoms with Crippen molar-refractivity contribution in [3.8, 4) is 0 Å². The molecule has 0 saturated heterocycles. The average molecular weight is 243 g/mol. The highest BCUT2D eigenvalue weighted by Crippen LogP contribution is 2.30. The molecule has 2 aromatic rings. The van der Waals surface area contributed by atoms with Gasteiger partial charge in [-0.25, -0.2) is 0 Å². The number of ketones is 1. The Bertz CT molecular complexity index is 600. The number of rotatable bonds is 2. The van der Waals surface area contributed by atoms with E-state index in [2.05, 4.69) is 0 Å². The minimum Gasteiger partial charge on any atom is -0.453 e. The van der Waals surface area contributed by atoms with Gasteiger partial charge in [0.05, 0.1) is 0 Å². The van der Waals surface area contributed by atoms with Crippen LogP contribution in [-0.4, -0.2) is 11.8 Å². The summed E-state index contributed by atoms with van der Waals surface area (Å²) >= 11 is 0. The Morgan fingerprint density at radius 3 is 2.89 bits per heavy atom. The summed E-state index contributed by atoms with van der Waals surface area (Å²) in [6, 6.07) is 7.97. The van der Waals surface area contributed by atoms with Crippen molar-refractivity contribution >= 4 is 16.8 Å². The molecule has 1 fully saturated rings. The van der Waals surface area contributed by atoms with E-state index in [0.717, 1.165) is 35.8 Å². The van der Waals surface area contributed by atoms with Gasteiger partial charge in [0.25, 0.3) is 0 Å². The summed E-state index contributed by atoms with van der Waals surface area (Å²) in [4.78, 5) is 12.3. The third kappa shape index (κ3) is 1.85. The number of aryl methyl sites for hydroxylation is 1. The molecule has 0 bridgehead atoms. The van der Waals surface area contributed by atoms with Gasteiger partial charge >= 0.3 is 0 Å². The van der Waals surface area contributed by atoms with Crippen LogP contribution in [0.1, 0.15) is 35.4 Å². The molecule has 1 aromatic heterocycles. The van der Waals surface area contributed by atoms with E-state index in [4.69, 9.17) is 10.2 Å². The van der Waals surface area contributed by atoms with E-state index in [9.17, 15) is 4.79 Å². The van der Waals surface area contributed by atoms with Gasteiger partial charge in [0.2, 0.25) is 5.78 Å². The SMILES string of the molecule is Cc1cccc2cc(C(=O)C3CCC(N)C3)oc12. The molecule has 1 saturated carbocycles. The summed E-state index contributed by atoms with van der Waals surface area (Å²) in [6.07, 6.45) is 2.61. The Morgan fingerprint density at radius 2 is 2.22 bits per heavy atom. The smallest absolute Gasteiger partial charge is 0.201 e. The Kier molecular flexibility index (Phi) is 2.71. The Balaban J connectivity index is 1.95. The lowest BCUT2D eigenvalue weighted by Crippen LogP contribution is -2.17. The number of hydrogen-bond acceptors (Lipinski definition) is 3. The van der Waals surface area contributed by atoms with Gasteiger partial charge in [0.15, 0.2) is 5.76 Å². The summed E-state index contributed by atoms with van der Waals surface area (Å²) in [7, 11) is 0. The predicted octanol–water partition coefficient (Wildman–Crippen LogP) is 3.05. The van der Waals surface area contributed by atoms with Gasteiger partial charge in [0.1, 0.15) is 5.58 Å². The largest absolute Gasteiger partial charge is 0.453 e. The molecule has 3 nitrogen and oxygen atoms in total. The van der Waals surface area contributed by atoms with E-state index >= 15 is 0 Å². The molecule has 94 valence electrons. The van der Waals surface area contributed by atoms with Gasteiger partial charge in [0, 0.05) is 17.3 Å². The molecule has 0 spiro atoms. The molecule has 0 aliphatic heterocycles. The van der Waals surface area contributed by atoms with Crippen LogP contribution in [0, 0.1) is 12.8 Å². The number of carbonyl (C=O) groups is 1. The topological polar surface area (TPSA) is 56.2 Å². The van der Waals surface area contributed by atoms with E-state index in [0.29, 0.717) is 5.76 Å². The molecule has 3 heteroatoms.